The summed E-state index contributed by atoms with van der Waals surface area (Å²) >= 11 is 0. The zero-order valence-electron chi connectivity index (χ0n) is 16.8. The standard InChI is InChI=1S/C23H33N3O2/c27-22(25-14-10-19(11-15-25)18-6-2-1-3-7-18)20-12-16-26(17-13-20)23(28)24-21-8-4-5-9-21/h1-3,6-7,19-21H,4-5,8-17H2,(H,24,28). The summed E-state index contributed by atoms with van der Waals surface area (Å²) in [7, 11) is 0. The number of hydrogen-bond acceptors (Lipinski definition) is 2. The van der Waals surface area contributed by atoms with Gasteiger partial charge in [-0.15, -0.1) is 0 Å². The van der Waals surface area contributed by atoms with Gasteiger partial charge in [-0.25, -0.2) is 4.79 Å². The molecule has 0 aromatic heterocycles. The van der Waals surface area contributed by atoms with Crippen LogP contribution in [0.5, 0.6) is 0 Å². The number of piperidine rings is 2. The Hall–Kier alpha value is -2.04. The third-order valence-electron chi connectivity index (χ3n) is 6.89. The number of carbonyl (C=O) groups excluding carboxylic acids is 2. The summed E-state index contributed by atoms with van der Waals surface area (Å²) in [6.07, 6.45) is 8.38. The van der Waals surface area contributed by atoms with Gasteiger partial charge in [-0.3, -0.25) is 4.79 Å². The lowest BCUT2D eigenvalue weighted by molar-refractivity contribution is -0.138. The van der Waals surface area contributed by atoms with E-state index in [1.54, 1.807) is 0 Å². The minimum atomic E-state index is 0.0708. The summed E-state index contributed by atoms with van der Waals surface area (Å²) in [5, 5.41) is 3.17. The van der Waals surface area contributed by atoms with Gasteiger partial charge in [0.2, 0.25) is 5.91 Å². The van der Waals surface area contributed by atoms with Crippen molar-refractivity contribution < 1.29 is 9.59 Å². The monoisotopic (exact) mass is 383 g/mol. The fraction of sp³-hybridized carbons (Fsp3) is 0.652. The summed E-state index contributed by atoms with van der Waals surface area (Å²) in [6.45, 7) is 3.13. The van der Waals surface area contributed by atoms with E-state index in [0.29, 0.717) is 31.0 Å². The molecule has 2 heterocycles. The van der Waals surface area contributed by atoms with E-state index in [1.807, 2.05) is 4.90 Å². The number of carbonyl (C=O) groups is 2. The lowest BCUT2D eigenvalue weighted by atomic mass is 9.88. The molecular weight excluding hydrogens is 350 g/mol. The number of hydrogen-bond donors (Lipinski definition) is 1. The minimum Gasteiger partial charge on any atom is -0.342 e. The molecule has 1 saturated carbocycles. The van der Waals surface area contributed by atoms with E-state index in [1.165, 1.54) is 18.4 Å². The Morgan fingerprint density at radius 2 is 1.39 bits per heavy atom. The molecule has 3 fully saturated rings. The van der Waals surface area contributed by atoms with Crippen LogP contribution in [0.25, 0.3) is 0 Å². The maximum Gasteiger partial charge on any atom is 0.317 e. The van der Waals surface area contributed by atoms with Gasteiger partial charge in [0, 0.05) is 38.1 Å². The highest BCUT2D eigenvalue weighted by Crippen LogP contribution is 2.30. The largest absolute Gasteiger partial charge is 0.342 e. The molecule has 1 N–H and O–H groups in total. The number of benzene rings is 1. The summed E-state index contributed by atoms with van der Waals surface area (Å²) in [5.41, 5.74) is 1.40. The van der Waals surface area contributed by atoms with Crippen LogP contribution in [0.4, 0.5) is 4.79 Å². The normalized spacial score (nSPS) is 22.4. The third kappa shape index (κ3) is 4.50. The van der Waals surface area contributed by atoms with Crippen molar-refractivity contribution in [2.75, 3.05) is 26.2 Å². The SMILES string of the molecule is O=C(NC1CCCC1)N1CCC(C(=O)N2CCC(c3ccccc3)CC2)CC1. The summed E-state index contributed by atoms with van der Waals surface area (Å²) in [6, 6.07) is 11.1. The number of urea groups is 1. The van der Waals surface area contributed by atoms with Crippen LogP contribution in [0.3, 0.4) is 0 Å². The van der Waals surface area contributed by atoms with Crippen molar-refractivity contribution in [2.45, 2.75) is 63.3 Å². The van der Waals surface area contributed by atoms with Crippen molar-refractivity contribution >= 4 is 11.9 Å². The first kappa shape index (κ1) is 19.3. The molecule has 2 saturated heterocycles. The Morgan fingerprint density at radius 3 is 2.04 bits per heavy atom. The second-order valence-electron chi connectivity index (χ2n) is 8.70. The fourth-order valence-corrected chi connectivity index (χ4v) is 5.08. The van der Waals surface area contributed by atoms with Crippen molar-refractivity contribution in [3.05, 3.63) is 35.9 Å². The average Bonchev–Trinajstić information content (AvgIpc) is 3.27. The number of nitrogens with one attached hydrogen (secondary N) is 1. The molecule has 2 aliphatic heterocycles. The lowest BCUT2D eigenvalue weighted by Gasteiger charge is -2.37. The number of rotatable bonds is 3. The zero-order chi connectivity index (χ0) is 19.3. The highest BCUT2D eigenvalue weighted by molar-refractivity contribution is 5.80. The van der Waals surface area contributed by atoms with Gasteiger partial charge in [0.05, 0.1) is 0 Å². The van der Waals surface area contributed by atoms with E-state index in [-0.39, 0.29) is 11.9 Å². The van der Waals surface area contributed by atoms with Gasteiger partial charge >= 0.3 is 6.03 Å². The van der Waals surface area contributed by atoms with Gasteiger partial charge in [-0.05, 0) is 50.0 Å². The van der Waals surface area contributed by atoms with E-state index in [4.69, 9.17) is 0 Å². The van der Waals surface area contributed by atoms with Crippen LogP contribution < -0.4 is 5.32 Å². The molecule has 5 nitrogen and oxygen atoms in total. The van der Waals surface area contributed by atoms with E-state index < -0.39 is 0 Å². The van der Waals surface area contributed by atoms with Gasteiger partial charge in [0.15, 0.2) is 0 Å². The smallest absolute Gasteiger partial charge is 0.317 e. The van der Waals surface area contributed by atoms with Crippen LogP contribution in [0.1, 0.15) is 62.8 Å². The van der Waals surface area contributed by atoms with Gasteiger partial charge in [0.25, 0.3) is 0 Å². The topological polar surface area (TPSA) is 52.7 Å². The molecule has 3 aliphatic rings. The molecular formula is C23H33N3O2. The Labute approximate surface area is 168 Å². The highest BCUT2D eigenvalue weighted by atomic mass is 16.2. The zero-order valence-corrected chi connectivity index (χ0v) is 16.8. The van der Waals surface area contributed by atoms with Gasteiger partial charge < -0.3 is 15.1 Å². The maximum absolute atomic E-state index is 13.0. The molecule has 1 aromatic rings. The maximum atomic E-state index is 13.0. The van der Waals surface area contributed by atoms with Crippen molar-refractivity contribution in [2.24, 2.45) is 5.92 Å². The van der Waals surface area contributed by atoms with Crippen molar-refractivity contribution in [3.8, 4) is 0 Å². The molecule has 3 amide bonds. The van der Waals surface area contributed by atoms with Gasteiger partial charge in [-0.2, -0.15) is 0 Å². The van der Waals surface area contributed by atoms with E-state index in [0.717, 1.165) is 51.6 Å². The second kappa shape index (κ2) is 8.97. The van der Waals surface area contributed by atoms with Gasteiger partial charge in [-0.1, -0.05) is 43.2 Å². The molecule has 0 unspecified atom stereocenters. The first-order chi connectivity index (χ1) is 13.7. The number of nitrogens with zero attached hydrogens (tertiary/aromatic N) is 2. The van der Waals surface area contributed by atoms with E-state index in [9.17, 15) is 9.59 Å². The van der Waals surface area contributed by atoms with Crippen molar-refractivity contribution in [1.29, 1.82) is 0 Å². The van der Waals surface area contributed by atoms with Crippen LogP contribution in [0, 0.1) is 5.92 Å². The molecule has 0 bridgehead atoms. The Morgan fingerprint density at radius 1 is 0.786 bits per heavy atom. The first-order valence-corrected chi connectivity index (χ1v) is 11.1. The molecule has 4 rings (SSSR count). The highest BCUT2D eigenvalue weighted by Gasteiger charge is 2.32. The summed E-state index contributed by atoms with van der Waals surface area (Å²) < 4.78 is 0. The third-order valence-corrected chi connectivity index (χ3v) is 6.89. The van der Waals surface area contributed by atoms with Crippen molar-refractivity contribution in [3.63, 3.8) is 0 Å². The van der Waals surface area contributed by atoms with Crippen LogP contribution in [-0.2, 0) is 4.79 Å². The summed E-state index contributed by atoms with van der Waals surface area (Å²) in [5.74, 6) is 0.970. The molecule has 1 aromatic carbocycles. The van der Waals surface area contributed by atoms with Crippen LogP contribution in [0.15, 0.2) is 30.3 Å². The summed E-state index contributed by atoms with van der Waals surface area (Å²) in [4.78, 5) is 29.4. The first-order valence-electron chi connectivity index (χ1n) is 11.1. The average molecular weight is 384 g/mol. The fourth-order valence-electron chi connectivity index (χ4n) is 5.08. The van der Waals surface area contributed by atoms with Crippen LogP contribution >= 0.6 is 0 Å². The Balaban J connectivity index is 1.21. The minimum absolute atomic E-state index is 0.0708. The van der Waals surface area contributed by atoms with Crippen LogP contribution in [-0.4, -0.2) is 54.0 Å². The molecule has 152 valence electrons. The number of likely N-dealkylation sites (tertiary alicyclic amines) is 2. The lowest BCUT2D eigenvalue weighted by Crippen LogP contribution is -2.50. The molecule has 5 heteroatoms. The second-order valence-corrected chi connectivity index (χ2v) is 8.70. The molecule has 0 atom stereocenters. The van der Waals surface area contributed by atoms with Gasteiger partial charge in [0.1, 0.15) is 0 Å². The van der Waals surface area contributed by atoms with Crippen LogP contribution in [0.2, 0.25) is 0 Å². The van der Waals surface area contributed by atoms with E-state index >= 15 is 0 Å². The molecule has 0 radical (unpaired) electrons. The Bertz CT molecular complexity index is 656. The molecule has 28 heavy (non-hydrogen) atoms. The predicted octanol–water partition coefficient (Wildman–Crippen LogP) is 3.76. The molecule has 0 spiro atoms. The molecule has 1 aliphatic carbocycles. The Kier molecular flexibility index (Phi) is 6.18. The van der Waals surface area contributed by atoms with Crippen molar-refractivity contribution in [1.82, 2.24) is 15.1 Å². The number of amides is 3. The predicted molar refractivity (Wildman–Crippen MR) is 110 cm³/mol. The quantitative estimate of drug-likeness (QED) is 0.864. The van der Waals surface area contributed by atoms with E-state index in [2.05, 4.69) is 40.5 Å².